The lowest BCUT2D eigenvalue weighted by molar-refractivity contribution is 0.193. The van der Waals surface area contributed by atoms with Crippen LogP contribution in [0, 0.1) is 12.8 Å². The van der Waals surface area contributed by atoms with Crippen molar-refractivity contribution in [3.05, 3.63) is 64.2 Å². The first-order valence-electron chi connectivity index (χ1n) is 11.1. The Morgan fingerprint density at radius 3 is 2.50 bits per heavy atom. The Bertz CT molecular complexity index is 1150. The van der Waals surface area contributed by atoms with Crippen LogP contribution in [-0.4, -0.2) is 51.6 Å². The Kier molecular flexibility index (Phi) is 6.39. The first-order chi connectivity index (χ1) is 15.4. The molecule has 1 fully saturated rings. The zero-order valence-corrected chi connectivity index (χ0v) is 18.9. The molecule has 2 amide bonds. The summed E-state index contributed by atoms with van der Waals surface area (Å²) in [7, 11) is 0. The lowest BCUT2D eigenvalue weighted by Crippen LogP contribution is -2.53. The molecule has 3 aromatic rings. The molecule has 168 valence electrons. The number of urea groups is 1. The highest BCUT2D eigenvalue weighted by atomic mass is 16.2. The number of amides is 2. The molecule has 0 bridgehead atoms. The number of benzene rings is 1. The van der Waals surface area contributed by atoms with Gasteiger partial charge in [-0.15, -0.1) is 0 Å². The number of aryl methyl sites for hydroxylation is 1. The van der Waals surface area contributed by atoms with Crippen molar-refractivity contribution in [2.24, 2.45) is 5.92 Å². The van der Waals surface area contributed by atoms with Gasteiger partial charge in [0.2, 0.25) is 0 Å². The highest BCUT2D eigenvalue weighted by molar-refractivity contribution is 5.76. The molecule has 1 saturated heterocycles. The largest absolute Gasteiger partial charge is 0.348 e. The van der Waals surface area contributed by atoms with Crippen molar-refractivity contribution in [3.63, 3.8) is 0 Å². The second-order valence-corrected chi connectivity index (χ2v) is 8.73. The molecule has 32 heavy (non-hydrogen) atoms. The summed E-state index contributed by atoms with van der Waals surface area (Å²) >= 11 is 0. The van der Waals surface area contributed by atoms with Crippen molar-refractivity contribution in [2.75, 3.05) is 31.1 Å². The minimum Gasteiger partial charge on any atom is -0.348 e. The average molecular weight is 435 g/mol. The van der Waals surface area contributed by atoms with Gasteiger partial charge in [0, 0.05) is 45.5 Å². The van der Waals surface area contributed by atoms with Gasteiger partial charge in [0.05, 0.1) is 17.2 Å². The number of rotatable bonds is 5. The van der Waals surface area contributed by atoms with Crippen LogP contribution in [0.4, 0.5) is 10.6 Å². The third-order valence-corrected chi connectivity index (χ3v) is 5.71. The zero-order chi connectivity index (χ0) is 22.7. The molecule has 0 aliphatic carbocycles. The van der Waals surface area contributed by atoms with Crippen LogP contribution in [0.1, 0.15) is 25.0 Å². The van der Waals surface area contributed by atoms with Gasteiger partial charge in [-0.2, -0.15) is 0 Å². The minimum atomic E-state index is -0.100. The Balaban J connectivity index is 1.44. The molecule has 1 aromatic carbocycles. The monoisotopic (exact) mass is 434 g/mol. The summed E-state index contributed by atoms with van der Waals surface area (Å²) in [5, 5.41) is 2.99. The molecule has 0 spiro atoms. The van der Waals surface area contributed by atoms with Gasteiger partial charge in [-0.25, -0.2) is 9.78 Å². The molecule has 0 atom stereocenters. The number of anilines is 1. The number of fused-ring (bicyclic) bond motifs is 1. The van der Waals surface area contributed by atoms with Crippen LogP contribution in [0.2, 0.25) is 0 Å². The standard InChI is InChI=1S/C24H30N6O2/c1-17(2)16-30-21-15-25-9-8-20(21)27-22(23(30)31)28-10-12-29(13-11-28)24(32)26-14-19-6-4-18(3)5-7-19/h4-9,15,17H,10-14,16H2,1-3H3,(H,26,32). The van der Waals surface area contributed by atoms with Crippen molar-refractivity contribution in [1.82, 2.24) is 24.8 Å². The van der Waals surface area contributed by atoms with Gasteiger partial charge >= 0.3 is 6.03 Å². The predicted molar refractivity (Wildman–Crippen MR) is 126 cm³/mol. The lowest BCUT2D eigenvalue weighted by Gasteiger charge is -2.35. The highest BCUT2D eigenvalue weighted by Gasteiger charge is 2.25. The summed E-state index contributed by atoms with van der Waals surface area (Å²) in [5.74, 6) is 0.768. The Labute approximate surface area is 187 Å². The maximum absolute atomic E-state index is 13.3. The van der Waals surface area contributed by atoms with Crippen LogP contribution < -0.4 is 15.8 Å². The summed E-state index contributed by atoms with van der Waals surface area (Å²) in [6.45, 7) is 9.54. The SMILES string of the molecule is Cc1ccc(CNC(=O)N2CCN(c3nc4ccncc4n(CC(C)C)c3=O)CC2)cc1. The van der Waals surface area contributed by atoms with Crippen LogP contribution >= 0.6 is 0 Å². The predicted octanol–water partition coefficient (Wildman–Crippen LogP) is 2.79. The number of nitrogens with zero attached hydrogens (tertiary/aromatic N) is 5. The third kappa shape index (κ3) is 4.74. The summed E-state index contributed by atoms with van der Waals surface area (Å²) in [6.07, 6.45) is 3.39. The van der Waals surface area contributed by atoms with Crippen molar-refractivity contribution in [3.8, 4) is 0 Å². The number of hydrogen-bond acceptors (Lipinski definition) is 5. The molecule has 0 saturated carbocycles. The first-order valence-corrected chi connectivity index (χ1v) is 11.1. The van der Waals surface area contributed by atoms with Gasteiger partial charge in [0.15, 0.2) is 5.82 Å². The Hall–Kier alpha value is -3.42. The number of carbonyl (C=O) groups is 1. The molecular formula is C24H30N6O2. The second-order valence-electron chi connectivity index (χ2n) is 8.73. The third-order valence-electron chi connectivity index (χ3n) is 5.71. The van der Waals surface area contributed by atoms with Crippen LogP contribution in [0.3, 0.4) is 0 Å². The maximum atomic E-state index is 13.3. The van der Waals surface area contributed by atoms with Crippen LogP contribution in [0.25, 0.3) is 11.0 Å². The first kappa shape index (κ1) is 21.8. The van der Waals surface area contributed by atoms with E-state index in [9.17, 15) is 9.59 Å². The number of carbonyl (C=O) groups excluding carboxylic acids is 1. The molecule has 2 aromatic heterocycles. The van der Waals surface area contributed by atoms with Gasteiger partial charge in [0.1, 0.15) is 0 Å². The van der Waals surface area contributed by atoms with E-state index in [0.29, 0.717) is 51.0 Å². The summed E-state index contributed by atoms with van der Waals surface area (Å²) < 4.78 is 1.77. The van der Waals surface area contributed by atoms with E-state index in [2.05, 4.69) is 29.1 Å². The Morgan fingerprint density at radius 2 is 1.81 bits per heavy atom. The molecule has 8 nitrogen and oxygen atoms in total. The minimum absolute atomic E-state index is 0.0833. The Morgan fingerprint density at radius 1 is 1.09 bits per heavy atom. The van der Waals surface area contributed by atoms with Gasteiger partial charge in [-0.05, 0) is 24.5 Å². The van der Waals surface area contributed by atoms with E-state index >= 15 is 0 Å². The van der Waals surface area contributed by atoms with Gasteiger partial charge < -0.3 is 19.7 Å². The molecule has 1 aliphatic rings. The summed E-state index contributed by atoms with van der Waals surface area (Å²) in [5.41, 5.74) is 3.68. The maximum Gasteiger partial charge on any atom is 0.317 e. The summed E-state index contributed by atoms with van der Waals surface area (Å²) in [6, 6.07) is 9.88. The molecule has 4 rings (SSSR count). The van der Waals surface area contributed by atoms with Crippen molar-refractivity contribution in [1.29, 1.82) is 0 Å². The van der Waals surface area contributed by atoms with E-state index < -0.39 is 0 Å². The van der Waals surface area contributed by atoms with Crippen molar-refractivity contribution in [2.45, 2.75) is 33.9 Å². The van der Waals surface area contributed by atoms with E-state index in [0.717, 1.165) is 16.6 Å². The van der Waals surface area contributed by atoms with E-state index in [1.807, 2.05) is 42.2 Å². The lowest BCUT2D eigenvalue weighted by atomic mass is 10.1. The molecule has 8 heteroatoms. The fourth-order valence-corrected chi connectivity index (χ4v) is 3.94. The van der Waals surface area contributed by atoms with Crippen LogP contribution in [0.5, 0.6) is 0 Å². The van der Waals surface area contributed by atoms with Crippen molar-refractivity contribution >= 4 is 22.9 Å². The quantitative estimate of drug-likeness (QED) is 0.668. The molecule has 1 N–H and O–H groups in total. The second kappa shape index (κ2) is 9.38. The molecular weight excluding hydrogens is 404 g/mol. The zero-order valence-electron chi connectivity index (χ0n) is 18.9. The fourth-order valence-electron chi connectivity index (χ4n) is 3.94. The van der Waals surface area contributed by atoms with E-state index in [1.165, 1.54) is 5.56 Å². The number of hydrogen-bond donors (Lipinski definition) is 1. The average Bonchev–Trinajstić information content (AvgIpc) is 2.80. The number of nitrogens with one attached hydrogen (secondary N) is 1. The van der Waals surface area contributed by atoms with Crippen LogP contribution in [0.15, 0.2) is 47.5 Å². The molecule has 1 aliphatic heterocycles. The van der Waals surface area contributed by atoms with Gasteiger partial charge in [-0.1, -0.05) is 43.7 Å². The van der Waals surface area contributed by atoms with E-state index in [-0.39, 0.29) is 11.6 Å². The highest BCUT2D eigenvalue weighted by Crippen LogP contribution is 2.16. The molecule has 3 heterocycles. The molecule has 0 unspecified atom stereocenters. The van der Waals surface area contributed by atoms with Crippen molar-refractivity contribution < 1.29 is 4.79 Å². The number of pyridine rings is 1. The van der Waals surface area contributed by atoms with Gasteiger partial charge in [-0.3, -0.25) is 9.78 Å². The smallest absolute Gasteiger partial charge is 0.317 e. The fraction of sp³-hybridized carbons (Fsp3) is 0.417. The van der Waals surface area contributed by atoms with E-state index in [1.54, 1.807) is 21.9 Å². The van der Waals surface area contributed by atoms with Gasteiger partial charge in [0.25, 0.3) is 5.56 Å². The van der Waals surface area contributed by atoms with E-state index in [4.69, 9.17) is 0 Å². The number of aromatic nitrogens is 3. The van der Waals surface area contributed by atoms with Crippen LogP contribution in [-0.2, 0) is 13.1 Å². The molecule has 0 radical (unpaired) electrons. The number of piperazine rings is 1. The normalized spacial score (nSPS) is 14.2. The summed E-state index contributed by atoms with van der Waals surface area (Å²) in [4.78, 5) is 38.5. The topological polar surface area (TPSA) is 83.4 Å².